The van der Waals surface area contributed by atoms with Crippen LogP contribution in [0.2, 0.25) is 0 Å². The highest BCUT2D eigenvalue weighted by Gasteiger charge is 2.27. The zero-order chi connectivity index (χ0) is 15.1. The lowest BCUT2D eigenvalue weighted by Gasteiger charge is -2.19. The third kappa shape index (κ3) is 2.43. The monoisotopic (exact) mass is 292 g/mol. The summed E-state index contributed by atoms with van der Waals surface area (Å²) in [5.41, 5.74) is 8.70. The lowest BCUT2D eigenvalue weighted by Crippen LogP contribution is -2.08. The number of fused-ring (bicyclic) bond motifs is 1. The molecule has 114 valence electrons. The number of hydrogen-bond acceptors (Lipinski definition) is 1. The molecule has 2 aromatic carbocycles. The van der Waals surface area contributed by atoms with Gasteiger partial charge in [-0.2, -0.15) is 0 Å². The molecular formula is C21H24O. The summed E-state index contributed by atoms with van der Waals surface area (Å²) in [6.07, 6.45) is 6.12. The molecule has 1 aliphatic heterocycles. The van der Waals surface area contributed by atoms with Crippen molar-refractivity contribution in [3.05, 3.63) is 52.6 Å². The van der Waals surface area contributed by atoms with Crippen molar-refractivity contribution in [3.63, 3.8) is 0 Å². The Morgan fingerprint density at radius 3 is 2.77 bits per heavy atom. The number of ether oxygens (including phenoxy) is 1. The lowest BCUT2D eigenvalue weighted by molar-refractivity contribution is 0.288. The molecule has 0 saturated heterocycles. The summed E-state index contributed by atoms with van der Waals surface area (Å²) in [7, 11) is 0. The first-order valence-electron chi connectivity index (χ1n) is 8.65. The Morgan fingerprint density at radius 2 is 2.00 bits per heavy atom. The Morgan fingerprint density at radius 1 is 1.14 bits per heavy atom. The molecule has 1 heterocycles. The summed E-state index contributed by atoms with van der Waals surface area (Å²) in [6.45, 7) is 5.37. The van der Waals surface area contributed by atoms with E-state index in [-0.39, 0.29) is 0 Å². The molecule has 0 radical (unpaired) electrons. The highest BCUT2D eigenvalue weighted by molar-refractivity contribution is 5.72. The molecule has 4 rings (SSSR count). The molecular weight excluding hydrogens is 268 g/mol. The molecule has 1 aliphatic carbocycles. The van der Waals surface area contributed by atoms with Crippen molar-refractivity contribution in [1.82, 2.24) is 0 Å². The van der Waals surface area contributed by atoms with E-state index in [0.717, 1.165) is 37.5 Å². The Kier molecular flexibility index (Phi) is 3.44. The fourth-order valence-electron chi connectivity index (χ4n) is 3.66. The second-order valence-corrected chi connectivity index (χ2v) is 6.77. The van der Waals surface area contributed by atoms with Gasteiger partial charge in [-0.05, 0) is 90.5 Å². The molecule has 1 nitrogen and oxygen atoms in total. The minimum absolute atomic E-state index is 0.785. The molecule has 1 heteroatoms. The lowest BCUT2D eigenvalue weighted by atomic mass is 9.90. The van der Waals surface area contributed by atoms with Crippen molar-refractivity contribution in [1.29, 1.82) is 0 Å². The van der Waals surface area contributed by atoms with Crippen LogP contribution in [0, 0.1) is 6.92 Å². The van der Waals surface area contributed by atoms with E-state index in [1.807, 2.05) is 0 Å². The molecule has 1 fully saturated rings. The van der Waals surface area contributed by atoms with E-state index in [0.29, 0.717) is 0 Å². The van der Waals surface area contributed by atoms with Gasteiger partial charge in [-0.15, -0.1) is 0 Å². The first kappa shape index (κ1) is 13.9. The standard InChI is InChI=1S/C21H24O/c1-3-15-13-20(16-6-7-16)19(11-14(15)2)17-8-9-21-18(12-17)5-4-10-22-21/h8-9,11-13,16H,3-7,10H2,1-2H3. The maximum Gasteiger partial charge on any atom is 0.122 e. The topological polar surface area (TPSA) is 9.23 Å². The predicted molar refractivity (Wildman–Crippen MR) is 91.8 cm³/mol. The van der Waals surface area contributed by atoms with Crippen LogP contribution in [0.1, 0.15) is 54.4 Å². The molecule has 0 aromatic heterocycles. The van der Waals surface area contributed by atoms with Crippen LogP contribution in [0.4, 0.5) is 0 Å². The average molecular weight is 292 g/mol. The largest absolute Gasteiger partial charge is 0.493 e. The third-order valence-corrected chi connectivity index (χ3v) is 5.13. The van der Waals surface area contributed by atoms with Gasteiger partial charge in [-0.1, -0.05) is 25.1 Å². The molecule has 0 spiro atoms. The molecule has 0 bridgehead atoms. The van der Waals surface area contributed by atoms with Gasteiger partial charge in [-0.3, -0.25) is 0 Å². The first-order valence-corrected chi connectivity index (χ1v) is 8.65. The second-order valence-electron chi connectivity index (χ2n) is 6.77. The zero-order valence-electron chi connectivity index (χ0n) is 13.6. The van der Waals surface area contributed by atoms with E-state index >= 15 is 0 Å². The summed E-state index contributed by atoms with van der Waals surface area (Å²) < 4.78 is 5.76. The van der Waals surface area contributed by atoms with Gasteiger partial charge in [0.1, 0.15) is 5.75 Å². The molecule has 1 saturated carbocycles. The van der Waals surface area contributed by atoms with E-state index in [4.69, 9.17) is 4.74 Å². The van der Waals surface area contributed by atoms with Crippen molar-refractivity contribution < 1.29 is 4.74 Å². The van der Waals surface area contributed by atoms with E-state index in [2.05, 4.69) is 44.2 Å². The van der Waals surface area contributed by atoms with Crippen LogP contribution in [0.15, 0.2) is 30.3 Å². The summed E-state index contributed by atoms with van der Waals surface area (Å²) in [5.74, 6) is 1.87. The van der Waals surface area contributed by atoms with Crippen molar-refractivity contribution in [2.75, 3.05) is 6.61 Å². The normalized spacial score (nSPS) is 17.0. The fraction of sp³-hybridized carbons (Fsp3) is 0.429. The maximum absolute atomic E-state index is 5.76. The van der Waals surface area contributed by atoms with E-state index in [1.54, 1.807) is 5.56 Å². The van der Waals surface area contributed by atoms with Gasteiger partial charge < -0.3 is 4.74 Å². The molecule has 2 aromatic rings. The molecule has 22 heavy (non-hydrogen) atoms. The second kappa shape index (κ2) is 5.46. The molecule has 0 atom stereocenters. The van der Waals surface area contributed by atoms with Crippen LogP contribution in [-0.2, 0) is 12.8 Å². The summed E-state index contributed by atoms with van der Waals surface area (Å²) >= 11 is 0. The smallest absolute Gasteiger partial charge is 0.122 e. The van der Waals surface area contributed by atoms with E-state index in [1.165, 1.54) is 40.7 Å². The van der Waals surface area contributed by atoms with Crippen molar-refractivity contribution in [2.24, 2.45) is 0 Å². The van der Waals surface area contributed by atoms with Crippen molar-refractivity contribution in [2.45, 2.75) is 51.9 Å². The molecule has 0 unspecified atom stereocenters. The van der Waals surface area contributed by atoms with E-state index in [9.17, 15) is 0 Å². The van der Waals surface area contributed by atoms with Gasteiger partial charge in [-0.25, -0.2) is 0 Å². The minimum atomic E-state index is 0.785. The number of hydrogen-bond donors (Lipinski definition) is 0. The van der Waals surface area contributed by atoms with Crippen LogP contribution in [0.3, 0.4) is 0 Å². The summed E-state index contributed by atoms with van der Waals surface area (Å²) in [4.78, 5) is 0. The molecule has 0 N–H and O–H groups in total. The Hall–Kier alpha value is -1.76. The van der Waals surface area contributed by atoms with Gasteiger partial charge in [0.05, 0.1) is 6.61 Å². The van der Waals surface area contributed by atoms with Crippen LogP contribution in [-0.4, -0.2) is 6.61 Å². The maximum atomic E-state index is 5.76. The minimum Gasteiger partial charge on any atom is -0.493 e. The van der Waals surface area contributed by atoms with Gasteiger partial charge in [0.25, 0.3) is 0 Å². The molecule has 2 aliphatic rings. The first-order chi connectivity index (χ1) is 10.8. The molecule has 0 amide bonds. The highest BCUT2D eigenvalue weighted by Crippen LogP contribution is 2.46. The highest BCUT2D eigenvalue weighted by atomic mass is 16.5. The van der Waals surface area contributed by atoms with Crippen LogP contribution in [0.25, 0.3) is 11.1 Å². The Labute approximate surface area is 133 Å². The number of benzene rings is 2. The summed E-state index contributed by atoms with van der Waals surface area (Å²) in [5, 5.41) is 0. The van der Waals surface area contributed by atoms with Crippen molar-refractivity contribution >= 4 is 0 Å². The number of rotatable bonds is 3. The van der Waals surface area contributed by atoms with Gasteiger partial charge >= 0.3 is 0 Å². The fourth-order valence-corrected chi connectivity index (χ4v) is 3.66. The van der Waals surface area contributed by atoms with Crippen LogP contribution < -0.4 is 4.74 Å². The Balaban J connectivity index is 1.83. The zero-order valence-corrected chi connectivity index (χ0v) is 13.6. The van der Waals surface area contributed by atoms with Gasteiger partial charge in [0.2, 0.25) is 0 Å². The van der Waals surface area contributed by atoms with Crippen molar-refractivity contribution in [3.8, 4) is 16.9 Å². The van der Waals surface area contributed by atoms with Crippen LogP contribution in [0.5, 0.6) is 5.75 Å². The average Bonchev–Trinajstić information content (AvgIpc) is 3.39. The number of aryl methyl sites for hydroxylation is 3. The van der Waals surface area contributed by atoms with Gasteiger partial charge in [0, 0.05) is 0 Å². The predicted octanol–water partition coefficient (Wildman–Crippen LogP) is 5.43. The Bertz CT molecular complexity index is 710. The quantitative estimate of drug-likeness (QED) is 0.733. The van der Waals surface area contributed by atoms with Gasteiger partial charge in [0.15, 0.2) is 0 Å². The van der Waals surface area contributed by atoms with Crippen LogP contribution >= 0.6 is 0 Å². The SMILES string of the molecule is CCc1cc(C2CC2)c(-c2ccc3c(c2)CCCO3)cc1C. The van der Waals surface area contributed by atoms with E-state index < -0.39 is 0 Å². The third-order valence-electron chi connectivity index (χ3n) is 5.13. The summed E-state index contributed by atoms with van der Waals surface area (Å²) in [6, 6.07) is 11.7.